The fraction of sp³-hybridized carbons (Fsp3) is 0.643. The van der Waals surface area contributed by atoms with Crippen LogP contribution in [0.2, 0.25) is 5.15 Å². The zero-order valence-electron chi connectivity index (χ0n) is 12.9. The standard InChI is InChI=1S/C14H18ClFN4OS/c1-13(2,3)9-10(15)19-12(22-9)20(4)11(21)14(16)5-8(6-14)18-7-17/h8,18H,5-6H2,1-4H3. The second-order valence-corrected chi connectivity index (χ2v) is 7.89. The molecule has 1 fully saturated rings. The van der Waals surface area contributed by atoms with Gasteiger partial charge in [0.05, 0.1) is 4.88 Å². The van der Waals surface area contributed by atoms with Gasteiger partial charge in [0, 0.05) is 25.9 Å². The van der Waals surface area contributed by atoms with Gasteiger partial charge in [-0.25, -0.2) is 9.37 Å². The first kappa shape index (κ1) is 17.0. The molecule has 0 unspecified atom stereocenters. The van der Waals surface area contributed by atoms with Gasteiger partial charge in [-0.05, 0) is 5.41 Å². The number of amides is 1. The summed E-state index contributed by atoms with van der Waals surface area (Å²) in [5.74, 6) is -0.644. The maximum absolute atomic E-state index is 14.6. The molecule has 1 amide bonds. The van der Waals surface area contributed by atoms with Crippen LogP contribution in [0.5, 0.6) is 0 Å². The summed E-state index contributed by atoms with van der Waals surface area (Å²) >= 11 is 7.42. The summed E-state index contributed by atoms with van der Waals surface area (Å²) in [5, 5.41) is 11.7. The third kappa shape index (κ3) is 3.03. The molecule has 8 heteroatoms. The van der Waals surface area contributed by atoms with Crippen molar-refractivity contribution in [3.63, 3.8) is 0 Å². The lowest BCUT2D eigenvalue weighted by Gasteiger charge is -2.40. The number of halogens is 2. The number of hydrogen-bond donors (Lipinski definition) is 1. The molecule has 0 aliphatic heterocycles. The summed E-state index contributed by atoms with van der Waals surface area (Å²) in [6, 6.07) is -0.280. The van der Waals surface area contributed by atoms with Gasteiger partial charge in [0.25, 0.3) is 5.91 Å². The number of anilines is 1. The summed E-state index contributed by atoms with van der Waals surface area (Å²) in [5.41, 5.74) is -2.13. The van der Waals surface area contributed by atoms with Crippen LogP contribution in [0.15, 0.2) is 0 Å². The van der Waals surface area contributed by atoms with Crippen molar-refractivity contribution in [1.29, 1.82) is 5.26 Å². The highest BCUT2D eigenvalue weighted by molar-refractivity contribution is 7.16. The fourth-order valence-electron chi connectivity index (χ4n) is 2.37. The molecule has 0 atom stereocenters. The van der Waals surface area contributed by atoms with E-state index in [1.165, 1.54) is 23.3 Å². The molecule has 1 aliphatic carbocycles. The molecule has 0 saturated heterocycles. The van der Waals surface area contributed by atoms with Crippen molar-refractivity contribution in [3.05, 3.63) is 10.0 Å². The Kier molecular flexibility index (Phi) is 4.37. The van der Waals surface area contributed by atoms with Crippen molar-refractivity contribution in [2.45, 2.75) is 50.7 Å². The molecule has 1 aromatic heterocycles. The van der Waals surface area contributed by atoms with E-state index in [0.717, 1.165) is 4.88 Å². The van der Waals surface area contributed by atoms with Gasteiger partial charge in [0.2, 0.25) is 0 Å². The first-order valence-electron chi connectivity index (χ1n) is 6.87. The highest BCUT2D eigenvalue weighted by Gasteiger charge is 2.53. The van der Waals surface area contributed by atoms with Gasteiger partial charge in [0.1, 0.15) is 5.15 Å². The largest absolute Gasteiger partial charge is 0.321 e. The predicted molar refractivity (Wildman–Crippen MR) is 84.8 cm³/mol. The van der Waals surface area contributed by atoms with Crippen LogP contribution < -0.4 is 10.2 Å². The van der Waals surface area contributed by atoms with E-state index in [2.05, 4.69) is 10.3 Å². The van der Waals surface area contributed by atoms with Gasteiger partial charge < -0.3 is 5.32 Å². The van der Waals surface area contributed by atoms with E-state index >= 15 is 0 Å². The first-order valence-corrected chi connectivity index (χ1v) is 8.06. The third-order valence-corrected chi connectivity index (χ3v) is 5.58. The average Bonchev–Trinajstić information content (AvgIpc) is 2.77. The number of nitrogens with zero attached hydrogens (tertiary/aromatic N) is 3. The second-order valence-electron chi connectivity index (χ2n) is 6.56. The molecule has 1 aliphatic rings. The third-order valence-electron chi connectivity index (χ3n) is 3.64. The number of alkyl halides is 1. The van der Waals surface area contributed by atoms with Crippen molar-refractivity contribution in [2.75, 3.05) is 11.9 Å². The Morgan fingerprint density at radius 2 is 2.18 bits per heavy atom. The summed E-state index contributed by atoms with van der Waals surface area (Å²) in [6.07, 6.45) is 1.76. The minimum Gasteiger partial charge on any atom is -0.321 e. The van der Waals surface area contributed by atoms with Gasteiger partial charge in [-0.3, -0.25) is 9.69 Å². The number of carbonyl (C=O) groups is 1. The normalized spacial score (nSPS) is 24.3. The van der Waals surface area contributed by atoms with E-state index in [9.17, 15) is 9.18 Å². The van der Waals surface area contributed by atoms with Crippen LogP contribution in [0.1, 0.15) is 38.5 Å². The molecule has 0 bridgehead atoms. The Bertz CT molecular complexity index is 628. The van der Waals surface area contributed by atoms with Gasteiger partial charge in [-0.1, -0.05) is 43.7 Å². The van der Waals surface area contributed by atoms with Crippen LogP contribution in [0, 0.1) is 11.5 Å². The summed E-state index contributed by atoms with van der Waals surface area (Å²) in [7, 11) is 1.50. The average molecular weight is 345 g/mol. The Balaban J connectivity index is 2.14. The molecule has 1 heterocycles. The van der Waals surface area contributed by atoms with E-state index in [4.69, 9.17) is 16.9 Å². The van der Waals surface area contributed by atoms with Crippen molar-refractivity contribution < 1.29 is 9.18 Å². The van der Waals surface area contributed by atoms with Crippen molar-refractivity contribution >= 4 is 34.0 Å². The monoisotopic (exact) mass is 344 g/mol. The molecule has 0 aromatic carbocycles. The minimum absolute atomic E-state index is 0.00499. The molecule has 2 rings (SSSR count). The molecule has 1 N–H and O–H groups in total. The SMILES string of the molecule is CN(C(=O)C1(F)CC(NC#N)C1)c1nc(Cl)c(C(C)(C)C)s1. The molecule has 0 spiro atoms. The summed E-state index contributed by atoms with van der Waals surface area (Å²) in [4.78, 5) is 18.6. The van der Waals surface area contributed by atoms with Crippen molar-refractivity contribution in [3.8, 4) is 6.19 Å². The molecule has 1 aromatic rings. The lowest BCUT2D eigenvalue weighted by molar-refractivity contribution is -0.136. The van der Waals surface area contributed by atoms with Crippen molar-refractivity contribution in [2.24, 2.45) is 0 Å². The molecular weight excluding hydrogens is 327 g/mol. The van der Waals surface area contributed by atoms with E-state index in [-0.39, 0.29) is 24.3 Å². The van der Waals surface area contributed by atoms with Crippen LogP contribution in [-0.4, -0.2) is 29.6 Å². The maximum Gasteiger partial charge on any atom is 0.266 e. The lowest BCUT2D eigenvalue weighted by Crippen LogP contribution is -2.58. The Labute approximate surface area is 138 Å². The number of hydrogen-bond acceptors (Lipinski definition) is 5. The van der Waals surface area contributed by atoms with Gasteiger partial charge >= 0.3 is 0 Å². The molecule has 0 radical (unpaired) electrons. The molecule has 5 nitrogen and oxygen atoms in total. The summed E-state index contributed by atoms with van der Waals surface area (Å²) < 4.78 is 14.6. The van der Waals surface area contributed by atoms with Crippen LogP contribution >= 0.6 is 22.9 Å². The van der Waals surface area contributed by atoms with Crippen molar-refractivity contribution in [1.82, 2.24) is 10.3 Å². The quantitative estimate of drug-likeness (QED) is 0.676. The number of carbonyl (C=O) groups excluding carboxylic acids is 1. The van der Waals surface area contributed by atoms with E-state index < -0.39 is 11.6 Å². The Morgan fingerprint density at radius 1 is 1.59 bits per heavy atom. The van der Waals surface area contributed by atoms with Gasteiger partial charge in [0.15, 0.2) is 17.0 Å². The van der Waals surface area contributed by atoms with Crippen LogP contribution in [-0.2, 0) is 10.2 Å². The number of aromatic nitrogens is 1. The maximum atomic E-state index is 14.6. The highest BCUT2D eigenvalue weighted by atomic mass is 35.5. The van der Waals surface area contributed by atoms with Crippen LogP contribution in [0.4, 0.5) is 9.52 Å². The zero-order chi connectivity index (χ0) is 16.7. The van der Waals surface area contributed by atoms with Crippen LogP contribution in [0.25, 0.3) is 0 Å². The smallest absolute Gasteiger partial charge is 0.266 e. The van der Waals surface area contributed by atoms with E-state index in [1.54, 1.807) is 6.19 Å². The van der Waals surface area contributed by atoms with Crippen LogP contribution in [0.3, 0.4) is 0 Å². The second kappa shape index (κ2) is 5.67. The minimum atomic E-state index is -1.94. The predicted octanol–water partition coefficient (Wildman–Crippen LogP) is 3.00. The highest BCUT2D eigenvalue weighted by Crippen LogP contribution is 2.41. The van der Waals surface area contributed by atoms with E-state index in [0.29, 0.717) is 10.3 Å². The number of thiazole rings is 1. The Morgan fingerprint density at radius 3 is 2.64 bits per heavy atom. The summed E-state index contributed by atoms with van der Waals surface area (Å²) in [6.45, 7) is 6.00. The van der Waals surface area contributed by atoms with Gasteiger partial charge in [-0.15, -0.1) is 0 Å². The van der Waals surface area contributed by atoms with Gasteiger partial charge in [-0.2, -0.15) is 5.26 Å². The number of nitriles is 1. The topological polar surface area (TPSA) is 69.0 Å². The number of rotatable bonds is 3. The van der Waals surface area contributed by atoms with E-state index in [1.807, 2.05) is 20.8 Å². The Hall–Kier alpha value is -1.39. The molecule has 120 valence electrons. The molecular formula is C14H18ClFN4OS. The molecule has 1 saturated carbocycles. The zero-order valence-corrected chi connectivity index (χ0v) is 14.5. The lowest BCUT2D eigenvalue weighted by atomic mass is 9.76. The fourth-order valence-corrected chi connectivity index (χ4v) is 3.88. The first-order chi connectivity index (χ1) is 10.1. The molecule has 22 heavy (non-hydrogen) atoms. The number of nitrogens with one attached hydrogen (secondary N) is 1.